The van der Waals surface area contributed by atoms with Crippen LogP contribution < -0.4 is 5.32 Å². The van der Waals surface area contributed by atoms with Crippen LogP contribution in [0.4, 0.5) is 5.69 Å². The van der Waals surface area contributed by atoms with Gasteiger partial charge in [0.2, 0.25) is 20.0 Å². The second-order valence-electron chi connectivity index (χ2n) is 8.30. The molecule has 1 aliphatic rings. The first-order valence-corrected chi connectivity index (χ1v) is 14.5. The number of benzene rings is 2. The standard InChI is InChI=1S/C23H28ClN3O8S2/c1-26(2)36(30,31)19-8-9-20(24)21(15-19)25-22(28)16-35-23(29)10-5-17-3-6-18(7-4-17)37(32,33)27-11-13-34-14-12-27/h3-4,6-9,15H,5,10-14,16H2,1-2H3,(H,25,28). The van der Waals surface area contributed by atoms with E-state index in [9.17, 15) is 26.4 Å². The molecule has 11 nitrogen and oxygen atoms in total. The van der Waals surface area contributed by atoms with E-state index in [-0.39, 0.29) is 33.3 Å². The third kappa shape index (κ3) is 7.49. The molecule has 1 saturated heterocycles. The number of ether oxygens (including phenoxy) is 2. The van der Waals surface area contributed by atoms with Crippen LogP contribution in [0.15, 0.2) is 52.3 Å². The molecule has 0 atom stereocenters. The summed E-state index contributed by atoms with van der Waals surface area (Å²) < 4.78 is 62.5. The van der Waals surface area contributed by atoms with Crippen molar-refractivity contribution in [1.29, 1.82) is 0 Å². The number of nitrogens with one attached hydrogen (secondary N) is 1. The van der Waals surface area contributed by atoms with Crippen molar-refractivity contribution < 1.29 is 35.9 Å². The third-order valence-corrected chi connectivity index (χ3v) is 9.56. The third-order valence-electron chi connectivity index (χ3n) is 5.50. The largest absolute Gasteiger partial charge is 0.456 e. The Balaban J connectivity index is 1.49. The van der Waals surface area contributed by atoms with Gasteiger partial charge in [-0.25, -0.2) is 21.1 Å². The highest BCUT2D eigenvalue weighted by Gasteiger charge is 2.26. The zero-order valence-corrected chi connectivity index (χ0v) is 22.7. The van der Waals surface area contributed by atoms with Gasteiger partial charge in [0.15, 0.2) is 6.61 Å². The van der Waals surface area contributed by atoms with Gasteiger partial charge in [-0.05, 0) is 42.3 Å². The van der Waals surface area contributed by atoms with Gasteiger partial charge in [0.05, 0.1) is 33.7 Å². The van der Waals surface area contributed by atoms with Crippen LogP contribution in [0.1, 0.15) is 12.0 Å². The summed E-state index contributed by atoms with van der Waals surface area (Å²) in [7, 11) is -4.57. The van der Waals surface area contributed by atoms with Crippen LogP contribution in [-0.2, 0) is 45.5 Å². The van der Waals surface area contributed by atoms with E-state index in [1.807, 2.05) is 0 Å². The quantitative estimate of drug-likeness (QED) is 0.424. The minimum Gasteiger partial charge on any atom is -0.456 e. The highest BCUT2D eigenvalue weighted by Crippen LogP contribution is 2.26. The van der Waals surface area contributed by atoms with Crippen LogP contribution in [-0.4, -0.2) is 84.3 Å². The summed E-state index contributed by atoms with van der Waals surface area (Å²) in [4.78, 5) is 24.4. The molecule has 0 aliphatic carbocycles. The molecule has 1 aliphatic heterocycles. The van der Waals surface area contributed by atoms with E-state index >= 15 is 0 Å². The minimum atomic E-state index is -3.73. The minimum absolute atomic E-state index is 0.0276. The number of hydrogen-bond acceptors (Lipinski definition) is 8. The van der Waals surface area contributed by atoms with Gasteiger partial charge in [0.1, 0.15) is 0 Å². The first-order valence-electron chi connectivity index (χ1n) is 11.3. The van der Waals surface area contributed by atoms with Crippen molar-refractivity contribution in [3.63, 3.8) is 0 Å². The maximum absolute atomic E-state index is 12.7. The smallest absolute Gasteiger partial charge is 0.306 e. The van der Waals surface area contributed by atoms with E-state index in [0.29, 0.717) is 26.3 Å². The van der Waals surface area contributed by atoms with E-state index < -0.39 is 38.5 Å². The number of sulfonamides is 2. The summed E-state index contributed by atoms with van der Waals surface area (Å²) in [5.41, 5.74) is 0.797. The molecule has 2 aromatic rings. The Morgan fingerprint density at radius 3 is 2.27 bits per heavy atom. The van der Waals surface area contributed by atoms with Gasteiger partial charge in [0.25, 0.3) is 5.91 Å². The predicted octanol–water partition coefficient (Wildman–Crippen LogP) is 1.73. The summed E-state index contributed by atoms with van der Waals surface area (Å²) in [6.45, 7) is 0.730. The first kappa shape index (κ1) is 29.0. The molecule has 202 valence electrons. The van der Waals surface area contributed by atoms with Crippen molar-refractivity contribution in [2.24, 2.45) is 0 Å². The second kappa shape index (κ2) is 12.3. The van der Waals surface area contributed by atoms with E-state index in [4.69, 9.17) is 21.1 Å². The van der Waals surface area contributed by atoms with Crippen molar-refractivity contribution >= 4 is 49.2 Å². The Morgan fingerprint density at radius 1 is 1.03 bits per heavy atom. The van der Waals surface area contributed by atoms with Crippen LogP contribution >= 0.6 is 11.6 Å². The number of hydrogen-bond donors (Lipinski definition) is 1. The molecule has 1 fully saturated rings. The molecule has 0 unspecified atom stereocenters. The number of aryl methyl sites for hydroxylation is 1. The zero-order valence-electron chi connectivity index (χ0n) is 20.3. The lowest BCUT2D eigenvalue weighted by atomic mass is 10.1. The molecule has 1 amide bonds. The van der Waals surface area contributed by atoms with Gasteiger partial charge in [-0.15, -0.1) is 0 Å². The Morgan fingerprint density at radius 2 is 1.65 bits per heavy atom. The SMILES string of the molecule is CN(C)S(=O)(=O)c1ccc(Cl)c(NC(=O)COC(=O)CCc2ccc(S(=O)(=O)N3CCOCC3)cc2)c1. The number of anilines is 1. The van der Waals surface area contributed by atoms with Gasteiger partial charge in [0, 0.05) is 33.6 Å². The summed E-state index contributed by atoms with van der Waals surface area (Å²) in [5.74, 6) is -1.32. The average Bonchev–Trinajstić information content (AvgIpc) is 2.88. The number of carbonyl (C=O) groups is 2. The average molecular weight is 574 g/mol. The second-order valence-corrected chi connectivity index (χ2v) is 12.8. The van der Waals surface area contributed by atoms with Gasteiger partial charge in [-0.2, -0.15) is 4.31 Å². The van der Waals surface area contributed by atoms with Crippen LogP contribution in [0.2, 0.25) is 5.02 Å². The predicted molar refractivity (Wildman–Crippen MR) is 136 cm³/mol. The normalized spacial score (nSPS) is 14.9. The number of amides is 1. The van der Waals surface area contributed by atoms with Crippen molar-refractivity contribution in [3.8, 4) is 0 Å². The molecule has 0 aromatic heterocycles. The summed E-state index contributed by atoms with van der Waals surface area (Å²) >= 11 is 6.06. The molecule has 1 heterocycles. The lowest BCUT2D eigenvalue weighted by molar-refractivity contribution is -0.147. The van der Waals surface area contributed by atoms with Crippen LogP contribution in [0.5, 0.6) is 0 Å². The van der Waals surface area contributed by atoms with E-state index in [2.05, 4.69) is 5.32 Å². The Labute approximate surface area is 221 Å². The van der Waals surface area contributed by atoms with Gasteiger partial charge in [-0.3, -0.25) is 9.59 Å². The van der Waals surface area contributed by atoms with Crippen molar-refractivity contribution in [2.75, 3.05) is 52.3 Å². The maximum atomic E-state index is 12.7. The monoisotopic (exact) mass is 573 g/mol. The van der Waals surface area contributed by atoms with Crippen molar-refractivity contribution in [1.82, 2.24) is 8.61 Å². The molecule has 0 bridgehead atoms. The molecule has 2 aromatic carbocycles. The Bertz CT molecular complexity index is 1340. The van der Waals surface area contributed by atoms with Gasteiger partial charge < -0.3 is 14.8 Å². The fourth-order valence-corrected chi connectivity index (χ4v) is 5.89. The molecule has 3 rings (SSSR count). The number of halogens is 1. The maximum Gasteiger partial charge on any atom is 0.306 e. The van der Waals surface area contributed by atoms with E-state index in [1.165, 1.54) is 48.7 Å². The lowest BCUT2D eigenvalue weighted by Gasteiger charge is -2.26. The summed E-state index contributed by atoms with van der Waals surface area (Å²) in [5, 5.41) is 2.56. The number of morpholine rings is 1. The molecule has 14 heteroatoms. The van der Waals surface area contributed by atoms with Gasteiger partial charge >= 0.3 is 5.97 Å². The van der Waals surface area contributed by atoms with Crippen molar-refractivity contribution in [3.05, 3.63) is 53.1 Å². The highest BCUT2D eigenvalue weighted by molar-refractivity contribution is 7.89. The summed E-state index contributed by atoms with van der Waals surface area (Å²) in [6.07, 6.45) is 0.259. The Kier molecular flexibility index (Phi) is 9.67. The highest BCUT2D eigenvalue weighted by atomic mass is 35.5. The Hall–Kier alpha value is -2.55. The van der Waals surface area contributed by atoms with Gasteiger partial charge in [-0.1, -0.05) is 23.7 Å². The van der Waals surface area contributed by atoms with Crippen molar-refractivity contribution in [2.45, 2.75) is 22.6 Å². The fraction of sp³-hybridized carbons (Fsp3) is 0.391. The van der Waals surface area contributed by atoms with Crippen LogP contribution in [0.3, 0.4) is 0 Å². The number of esters is 1. The number of carbonyl (C=O) groups excluding carboxylic acids is 2. The number of rotatable bonds is 10. The van der Waals surface area contributed by atoms with Crippen LogP contribution in [0.25, 0.3) is 0 Å². The fourth-order valence-electron chi connectivity index (χ4n) is 3.39. The first-order chi connectivity index (χ1) is 17.4. The molecule has 1 N–H and O–H groups in total. The molecular weight excluding hydrogens is 546 g/mol. The molecule has 0 spiro atoms. The molecule has 0 saturated carbocycles. The lowest BCUT2D eigenvalue weighted by Crippen LogP contribution is -2.40. The zero-order chi connectivity index (χ0) is 27.2. The van der Waals surface area contributed by atoms with E-state index in [0.717, 1.165) is 9.87 Å². The van der Waals surface area contributed by atoms with E-state index in [1.54, 1.807) is 12.1 Å². The molecular formula is C23H28ClN3O8S2. The summed E-state index contributed by atoms with van der Waals surface area (Å²) in [6, 6.07) is 10.1. The van der Waals surface area contributed by atoms with Crippen LogP contribution in [0, 0.1) is 0 Å². The molecule has 37 heavy (non-hydrogen) atoms. The number of nitrogens with zero attached hydrogens (tertiary/aromatic N) is 2. The molecule has 0 radical (unpaired) electrons. The topological polar surface area (TPSA) is 139 Å².